The van der Waals surface area contributed by atoms with Crippen molar-refractivity contribution in [2.45, 2.75) is 13.3 Å². The summed E-state index contributed by atoms with van der Waals surface area (Å²) >= 11 is 0. The molecule has 0 atom stereocenters. The third-order valence-corrected chi connectivity index (χ3v) is 1.87. The summed E-state index contributed by atoms with van der Waals surface area (Å²) < 4.78 is 10.3. The van der Waals surface area contributed by atoms with E-state index in [1.54, 1.807) is 14.2 Å². The first-order valence-corrected chi connectivity index (χ1v) is 3.93. The molecule has 0 spiro atoms. The molecule has 0 aromatic heterocycles. The van der Waals surface area contributed by atoms with Gasteiger partial charge in [-0.15, -0.1) is 0 Å². The smallest absolute Gasteiger partial charge is 0.118 e. The Bertz CT molecular complexity index is 247. The number of methoxy groups -OCH3 is 2. The summed E-state index contributed by atoms with van der Waals surface area (Å²) in [5.41, 5.74) is 1.19. The van der Waals surface area contributed by atoms with Gasteiger partial charge in [0, 0.05) is 6.42 Å². The number of hydrogen-bond donors (Lipinski definition) is 0. The highest BCUT2D eigenvalue weighted by molar-refractivity contribution is 5.29. The van der Waals surface area contributed by atoms with Gasteiger partial charge in [-0.2, -0.15) is 0 Å². The van der Waals surface area contributed by atoms with Crippen LogP contribution in [0.15, 0.2) is 35.3 Å². The van der Waals surface area contributed by atoms with Crippen molar-refractivity contribution >= 4 is 0 Å². The average Bonchev–Trinajstić information content (AvgIpc) is 2.26. The van der Waals surface area contributed by atoms with E-state index in [-0.39, 0.29) is 0 Å². The molecule has 1 rings (SSSR count). The molecule has 1 aliphatic carbocycles. The van der Waals surface area contributed by atoms with Crippen molar-refractivity contribution in [1.82, 2.24) is 0 Å². The third-order valence-electron chi connectivity index (χ3n) is 1.87. The first-order valence-electron chi connectivity index (χ1n) is 3.93. The van der Waals surface area contributed by atoms with Crippen LogP contribution in [0.25, 0.3) is 0 Å². The predicted octanol–water partition coefficient (Wildman–Crippen LogP) is 2.40. The van der Waals surface area contributed by atoms with Crippen molar-refractivity contribution in [3.05, 3.63) is 35.3 Å². The summed E-state index contributed by atoms with van der Waals surface area (Å²) in [7, 11) is 3.37. The normalized spacial score (nSPS) is 17.1. The first-order chi connectivity index (χ1) is 5.77. The van der Waals surface area contributed by atoms with Gasteiger partial charge in [0.2, 0.25) is 0 Å². The molecule has 0 amide bonds. The largest absolute Gasteiger partial charge is 0.501 e. The van der Waals surface area contributed by atoms with Gasteiger partial charge in [0.15, 0.2) is 0 Å². The van der Waals surface area contributed by atoms with Gasteiger partial charge in [0.05, 0.1) is 20.0 Å². The SMILES string of the molecule is COC1=CC=CC(OC)=C(C)C1. The van der Waals surface area contributed by atoms with Crippen molar-refractivity contribution in [3.63, 3.8) is 0 Å². The van der Waals surface area contributed by atoms with Crippen molar-refractivity contribution in [1.29, 1.82) is 0 Å². The van der Waals surface area contributed by atoms with E-state index in [0.29, 0.717) is 0 Å². The lowest BCUT2D eigenvalue weighted by atomic mass is 10.2. The molecular formula is C10H14O2. The van der Waals surface area contributed by atoms with Gasteiger partial charge in [-0.3, -0.25) is 0 Å². The maximum absolute atomic E-state index is 5.18. The molecule has 0 fully saturated rings. The van der Waals surface area contributed by atoms with E-state index in [9.17, 15) is 0 Å². The topological polar surface area (TPSA) is 18.5 Å². The zero-order valence-corrected chi connectivity index (χ0v) is 7.76. The lowest BCUT2D eigenvalue weighted by molar-refractivity contribution is 0.277. The molecule has 66 valence electrons. The fraction of sp³-hybridized carbons (Fsp3) is 0.400. The van der Waals surface area contributed by atoms with Crippen LogP contribution in [-0.2, 0) is 9.47 Å². The maximum Gasteiger partial charge on any atom is 0.118 e. The third kappa shape index (κ3) is 1.91. The monoisotopic (exact) mass is 166 g/mol. The Morgan fingerprint density at radius 3 is 2.58 bits per heavy atom. The standard InChI is InChI=1S/C10H14O2/c1-8-7-9(11-2)5-4-6-10(8)12-3/h4-6H,7H2,1-3H3. The lowest BCUT2D eigenvalue weighted by Crippen LogP contribution is -1.91. The van der Waals surface area contributed by atoms with Gasteiger partial charge < -0.3 is 9.47 Å². The van der Waals surface area contributed by atoms with Crippen LogP contribution in [0.5, 0.6) is 0 Å². The number of rotatable bonds is 2. The van der Waals surface area contributed by atoms with Crippen LogP contribution in [0.4, 0.5) is 0 Å². The van der Waals surface area contributed by atoms with E-state index in [4.69, 9.17) is 9.47 Å². The van der Waals surface area contributed by atoms with Gasteiger partial charge >= 0.3 is 0 Å². The summed E-state index contributed by atoms with van der Waals surface area (Å²) in [4.78, 5) is 0. The lowest BCUT2D eigenvalue weighted by Gasteiger charge is -2.06. The Hall–Kier alpha value is -1.18. The van der Waals surface area contributed by atoms with E-state index in [1.807, 2.05) is 25.2 Å². The molecule has 2 heteroatoms. The van der Waals surface area contributed by atoms with Crippen molar-refractivity contribution < 1.29 is 9.47 Å². The van der Waals surface area contributed by atoms with Crippen LogP contribution in [0.1, 0.15) is 13.3 Å². The van der Waals surface area contributed by atoms with Crippen molar-refractivity contribution in [2.75, 3.05) is 14.2 Å². The summed E-state index contributed by atoms with van der Waals surface area (Å²) in [6, 6.07) is 0. The highest BCUT2D eigenvalue weighted by atomic mass is 16.5. The number of ether oxygens (including phenoxy) is 2. The molecule has 0 aromatic carbocycles. The minimum atomic E-state index is 0.826. The first kappa shape index (κ1) is 8.91. The van der Waals surface area contributed by atoms with E-state index >= 15 is 0 Å². The second-order valence-corrected chi connectivity index (χ2v) is 2.72. The summed E-state index contributed by atoms with van der Waals surface area (Å²) in [6.45, 7) is 2.04. The van der Waals surface area contributed by atoms with Crippen molar-refractivity contribution in [3.8, 4) is 0 Å². The van der Waals surface area contributed by atoms with Crippen LogP contribution in [0.2, 0.25) is 0 Å². The van der Waals surface area contributed by atoms with E-state index in [0.717, 1.165) is 17.9 Å². The minimum absolute atomic E-state index is 0.826. The molecule has 0 saturated carbocycles. The van der Waals surface area contributed by atoms with Crippen LogP contribution in [0.3, 0.4) is 0 Å². The Kier molecular flexibility index (Phi) is 2.97. The Morgan fingerprint density at radius 2 is 2.00 bits per heavy atom. The highest BCUT2D eigenvalue weighted by Gasteiger charge is 2.05. The van der Waals surface area contributed by atoms with E-state index in [1.165, 1.54) is 5.57 Å². The molecule has 1 aliphatic rings. The van der Waals surface area contributed by atoms with Crippen LogP contribution >= 0.6 is 0 Å². The van der Waals surface area contributed by atoms with E-state index < -0.39 is 0 Å². The Morgan fingerprint density at radius 1 is 1.25 bits per heavy atom. The molecule has 0 aromatic rings. The van der Waals surface area contributed by atoms with Gasteiger partial charge in [0.1, 0.15) is 5.76 Å². The molecule has 2 nitrogen and oxygen atoms in total. The van der Waals surface area contributed by atoms with Gasteiger partial charge in [-0.05, 0) is 24.6 Å². The molecule has 0 radical (unpaired) electrons. The minimum Gasteiger partial charge on any atom is -0.501 e. The average molecular weight is 166 g/mol. The zero-order chi connectivity index (χ0) is 8.97. The second-order valence-electron chi connectivity index (χ2n) is 2.72. The molecule has 0 unspecified atom stereocenters. The van der Waals surface area contributed by atoms with Gasteiger partial charge in [-0.1, -0.05) is 6.08 Å². The molecule has 12 heavy (non-hydrogen) atoms. The molecule has 0 N–H and O–H groups in total. The summed E-state index contributed by atoms with van der Waals surface area (Å²) in [5.74, 6) is 1.90. The second kappa shape index (κ2) is 4.00. The fourth-order valence-electron chi connectivity index (χ4n) is 1.17. The summed E-state index contributed by atoms with van der Waals surface area (Å²) in [6.07, 6.45) is 6.66. The van der Waals surface area contributed by atoms with Crippen LogP contribution < -0.4 is 0 Å². The zero-order valence-electron chi connectivity index (χ0n) is 7.76. The summed E-state index contributed by atoms with van der Waals surface area (Å²) in [5, 5.41) is 0. The molecule has 0 heterocycles. The molecule has 0 saturated heterocycles. The van der Waals surface area contributed by atoms with Gasteiger partial charge in [0.25, 0.3) is 0 Å². The molecule has 0 bridgehead atoms. The fourth-order valence-corrected chi connectivity index (χ4v) is 1.17. The Balaban J connectivity index is 2.84. The van der Waals surface area contributed by atoms with Crippen LogP contribution in [-0.4, -0.2) is 14.2 Å². The van der Waals surface area contributed by atoms with Crippen LogP contribution in [0, 0.1) is 0 Å². The maximum atomic E-state index is 5.18. The van der Waals surface area contributed by atoms with Gasteiger partial charge in [-0.25, -0.2) is 0 Å². The number of allylic oxidation sites excluding steroid dienone is 4. The van der Waals surface area contributed by atoms with Crippen molar-refractivity contribution in [2.24, 2.45) is 0 Å². The highest BCUT2D eigenvalue weighted by Crippen LogP contribution is 2.19. The van der Waals surface area contributed by atoms with E-state index in [2.05, 4.69) is 0 Å². The quantitative estimate of drug-likeness (QED) is 0.627. The molecular weight excluding hydrogens is 152 g/mol. The Labute approximate surface area is 73.2 Å². The molecule has 0 aliphatic heterocycles. The number of hydrogen-bond acceptors (Lipinski definition) is 2. The predicted molar refractivity (Wildman–Crippen MR) is 48.6 cm³/mol.